The van der Waals surface area contributed by atoms with E-state index < -0.39 is 6.10 Å². The van der Waals surface area contributed by atoms with Crippen LogP contribution in [-0.4, -0.2) is 45.1 Å². The number of rotatable bonds is 10. The van der Waals surface area contributed by atoms with Gasteiger partial charge in [-0.1, -0.05) is 37.1 Å². The van der Waals surface area contributed by atoms with Crippen LogP contribution < -0.4 is 19.5 Å². The van der Waals surface area contributed by atoms with E-state index in [-0.39, 0.29) is 12.0 Å². The van der Waals surface area contributed by atoms with E-state index in [9.17, 15) is 5.11 Å². The Morgan fingerprint density at radius 3 is 2.39 bits per heavy atom. The van der Waals surface area contributed by atoms with Crippen molar-refractivity contribution in [3.63, 3.8) is 0 Å². The fraction of sp³-hybridized carbons (Fsp3) is 0.478. The molecule has 1 atom stereocenters. The van der Waals surface area contributed by atoms with Crippen LogP contribution in [0.15, 0.2) is 48.5 Å². The molecule has 1 fully saturated rings. The summed E-state index contributed by atoms with van der Waals surface area (Å²) in [5.41, 5.74) is 1.34. The van der Waals surface area contributed by atoms with E-state index >= 15 is 0 Å². The zero-order chi connectivity index (χ0) is 19.8. The van der Waals surface area contributed by atoms with Gasteiger partial charge in [-0.15, -0.1) is 0 Å². The molecule has 1 aliphatic carbocycles. The van der Waals surface area contributed by atoms with Crippen molar-refractivity contribution >= 4 is 0 Å². The Hall–Kier alpha value is -2.24. The van der Waals surface area contributed by atoms with Crippen LogP contribution in [0.2, 0.25) is 0 Å². The molecule has 5 heteroatoms. The van der Waals surface area contributed by atoms with Crippen LogP contribution in [0.5, 0.6) is 17.2 Å². The largest absolute Gasteiger partial charge is 0.493 e. The van der Waals surface area contributed by atoms with Crippen molar-refractivity contribution in [3.05, 3.63) is 54.1 Å². The third-order valence-electron chi connectivity index (χ3n) is 5.59. The predicted octanol–water partition coefficient (Wildman–Crippen LogP) is 3.55. The molecule has 5 nitrogen and oxygen atoms in total. The summed E-state index contributed by atoms with van der Waals surface area (Å²) >= 11 is 0. The number of hydrogen-bond acceptors (Lipinski definition) is 5. The van der Waals surface area contributed by atoms with Gasteiger partial charge in [0.1, 0.15) is 18.5 Å². The molecular weight excluding hydrogens is 354 g/mol. The lowest BCUT2D eigenvalue weighted by atomic mass is 9.78. The van der Waals surface area contributed by atoms with E-state index in [4.69, 9.17) is 14.2 Å². The second kappa shape index (κ2) is 9.80. The molecule has 1 aliphatic rings. The van der Waals surface area contributed by atoms with Gasteiger partial charge in [0, 0.05) is 18.5 Å². The quantitative estimate of drug-likeness (QED) is 0.655. The number of aliphatic hydroxyl groups is 1. The number of nitrogens with one attached hydrogen (secondary N) is 1. The third-order valence-corrected chi connectivity index (χ3v) is 5.59. The molecule has 0 bridgehead atoms. The number of aliphatic hydroxyl groups excluding tert-OH is 1. The molecule has 2 N–H and O–H groups in total. The molecule has 1 unspecified atom stereocenters. The maximum Gasteiger partial charge on any atom is 0.161 e. The number of hydrogen-bond donors (Lipinski definition) is 2. The summed E-state index contributed by atoms with van der Waals surface area (Å²) in [4.78, 5) is 0. The Kier molecular flexibility index (Phi) is 7.18. The summed E-state index contributed by atoms with van der Waals surface area (Å²) in [5.74, 6) is 2.29. The first-order chi connectivity index (χ1) is 13.7. The molecule has 0 spiro atoms. The summed E-state index contributed by atoms with van der Waals surface area (Å²) in [6.07, 6.45) is 4.15. The monoisotopic (exact) mass is 385 g/mol. The Bertz CT molecular complexity index is 729. The van der Waals surface area contributed by atoms with Crippen LogP contribution >= 0.6 is 0 Å². The second-order valence-corrected chi connectivity index (χ2v) is 7.47. The zero-order valence-corrected chi connectivity index (χ0v) is 16.8. The summed E-state index contributed by atoms with van der Waals surface area (Å²) < 4.78 is 16.5. The lowest BCUT2D eigenvalue weighted by Gasteiger charge is -2.31. The van der Waals surface area contributed by atoms with Crippen LogP contribution in [0.3, 0.4) is 0 Å². The predicted molar refractivity (Wildman–Crippen MR) is 111 cm³/mol. The van der Waals surface area contributed by atoms with Crippen LogP contribution in [0.25, 0.3) is 0 Å². The number of benzene rings is 2. The molecular formula is C23H31NO4. The van der Waals surface area contributed by atoms with Gasteiger partial charge in [0.05, 0.1) is 14.2 Å². The smallest absolute Gasteiger partial charge is 0.161 e. The maximum absolute atomic E-state index is 10.3. The maximum atomic E-state index is 10.3. The number of ether oxygens (including phenoxy) is 3. The average Bonchev–Trinajstić information content (AvgIpc) is 3.22. The van der Waals surface area contributed by atoms with E-state index in [2.05, 4.69) is 17.4 Å². The fourth-order valence-corrected chi connectivity index (χ4v) is 4.03. The highest BCUT2D eigenvalue weighted by molar-refractivity contribution is 5.45. The molecule has 1 saturated carbocycles. The molecule has 2 aromatic carbocycles. The lowest BCUT2D eigenvalue weighted by molar-refractivity contribution is 0.105. The topological polar surface area (TPSA) is 60.0 Å². The first kappa shape index (κ1) is 20.5. The van der Waals surface area contributed by atoms with Gasteiger partial charge in [0.15, 0.2) is 11.5 Å². The SMILES string of the molecule is COc1ccc(C2(CNCC(O)COc3ccccc3)CCCC2)cc1OC. The van der Waals surface area contributed by atoms with E-state index in [0.29, 0.717) is 6.54 Å². The van der Waals surface area contributed by atoms with Gasteiger partial charge in [-0.2, -0.15) is 0 Å². The minimum Gasteiger partial charge on any atom is -0.493 e. The Morgan fingerprint density at radius 1 is 1.00 bits per heavy atom. The molecule has 0 aliphatic heterocycles. The Morgan fingerprint density at radius 2 is 1.71 bits per heavy atom. The van der Waals surface area contributed by atoms with Crippen LogP contribution in [-0.2, 0) is 5.41 Å². The normalized spacial score (nSPS) is 16.5. The first-order valence-corrected chi connectivity index (χ1v) is 9.96. The van der Waals surface area contributed by atoms with E-state index in [1.54, 1.807) is 14.2 Å². The van der Waals surface area contributed by atoms with Crippen LogP contribution in [0.1, 0.15) is 31.2 Å². The summed E-state index contributed by atoms with van der Waals surface area (Å²) in [6, 6.07) is 15.8. The van der Waals surface area contributed by atoms with Crippen molar-refractivity contribution in [2.24, 2.45) is 0 Å². The molecule has 0 aromatic heterocycles. The van der Waals surface area contributed by atoms with Crippen molar-refractivity contribution in [3.8, 4) is 17.2 Å². The molecule has 3 rings (SSSR count). The summed E-state index contributed by atoms with van der Waals surface area (Å²) in [6.45, 7) is 1.60. The second-order valence-electron chi connectivity index (χ2n) is 7.47. The molecule has 28 heavy (non-hydrogen) atoms. The van der Waals surface area contributed by atoms with Crippen molar-refractivity contribution in [1.82, 2.24) is 5.32 Å². The summed E-state index contributed by atoms with van der Waals surface area (Å²) in [7, 11) is 3.33. The molecule has 0 saturated heterocycles. The molecule has 152 valence electrons. The van der Waals surface area contributed by atoms with Crippen LogP contribution in [0.4, 0.5) is 0 Å². The standard InChI is InChI=1S/C23H31NO4/c1-26-21-11-10-18(14-22(21)27-2)23(12-6-7-13-23)17-24-15-19(25)16-28-20-8-4-3-5-9-20/h3-5,8-11,14,19,24-25H,6-7,12-13,15-17H2,1-2H3. The van der Waals surface area contributed by atoms with Crippen LogP contribution in [0, 0.1) is 0 Å². The third kappa shape index (κ3) is 4.97. The van der Waals surface area contributed by atoms with Gasteiger partial charge < -0.3 is 24.6 Å². The zero-order valence-electron chi connectivity index (χ0n) is 16.8. The minimum absolute atomic E-state index is 0.0690. The molecule has 2 aromatic rings. The number of methoxy groups -OCH3 is 2. The highest BCUT2D eigenvalue weighted by atomic mass is 16.5. The lowest BCUT2D eigenvalue weighted by Crippen LogP contribution is -2.40. The molecule has 0 amide bonds. The van der Waals surface area contributed by atoms with Gasteiger partial charge in [-0.3, -0.25) is 0 Å². The molecule has 0 radical (unpaired) electrons. The van der Waals surface area contributed by atoms with E-state index in [1.807, 2.05) is 36.4 Å². The fourth-order valence-electron chi connectivity index (χ4n) is 4.03. The van der Waals surface area contributed by atoms with E-state index in [1.165, 1.54) is 18.4 Å². The Balaban J connectivity index is 1.57. The first-order valence-electron chi connectivity index (χ1n) is 9.96. The van der Waals surface area contributed by atoms with Crippen molar-refractivity contribution in [2.75, 3.05) is 33.9 Å². The molecule has 0 heterocycles. The van der Waals surface area contributed by atoms with Gasteiger partial charge in [0.2, 0.25) is 0 Å². The minimum atomic E-state index is -0.552. The Labute approximate surface area is 167 Å². The number of para-hydroxylation sites is 1. The highest BCUT2D eigenvalue weighted by Gasteiger charge is 2.36. The van der Waals surface area contributed by atoms with E-state index in [0.717, 1.165) is 36.6 Å². The van der Waals surface area contributed by atoms with Gasteiger partial charge in [-0.25, -0.2) is 0 Å². The van der Waals surface area contributed by atoms with Gasteiger partial charge in [0.25, 0.3) is 0 Å². The van der Waals surface area contributed by atoms with Crippen molar-refractivity contribution in [2.45, 2.75) is 37.2 Å². The highest BCUT2D eigenvalue weighted by Crippen LogP contribution is 2.43. The van der Waals surface area contributed by atoms with Crippen molar-refractivity contribution < 1.29 is 19.3 Å². The summed E-state index contributed by atoms with van der Waals surface area (Å²) in [5, 5.41) is 13.7. The van der Waals surface area contributed by atoms with Gasteiger partial charge >= 0.3 is 0 Å². The van der Waals surface area contributed by atoms with Gasteiger partial charge in [-0.05, 0) is 42.7 Å². The van der Waals surface area contributed by atoms with Crippen molar-refractivity contribution in [1.29, 1.82) is 0 Å². The average molecular weight is 386 g/mol.